The van der Waals surface area contributed by atoms with Crippen molar-refractivity contribution in [1.82, 2.24) is 9.97 Å². The molecule has 0 radical (unpaired) electrons. The number of thioether (sulfide) groups is 1. The molecule has 1 heterocycles. The molecule has 0 aliphatic heterocycles. The topological polar surface area (TPSA) is 25.8 Å². The summed E-state index contributed by atoms with van der Waals surface area (Å²) in [5.74, 6) is 0. The van der Waals surface area contributed by atoms with Gasteiger partial charge in [-0.3, -0.25) is 0 Å². The van der Waals surface area contributed by atoms with Gasteiger partial charge in [0.2, 0.25) is 0 Å². The van der Waals surface area contributed by atoms with Crippen LogP contribution in [0.2, 0.25) is 0 Å². The lowest BCUT2D eigenvalue weighted by atomic mass is 9.82. The number of hydrogen-bond acceptors (Lipinski definition) is 3. The van der Waals surface area contributed by atoms with Crippen LogP contribution in [0.25, 0.3) is 0 Å². The minimum absolute atomic E-state index is 0.201. The fourth-order valence-electron chi connectivity index (χ4n) is 1.53. The maximum atomic E-state index is 4.32. The molecule has 0 amide bonds. The van der Waals surface area contributed by atoms with E-state index in [1.807, 2.05) is 18.6 Å². The van der Waals surface area contributed by atoms with E-state index in [2.05, 4.69) is 30.7 Å². The van der Waals surface area contributed by atoms with Gasteiger partial charge in [-0.15, -0.1) is 0 Å². The summed E-state index contributed by atoms with van der Waals surface area (Å²) >= 11 is 1.58. The van der Waals surface area contributed by atoms with E-state index in [9.17, 15) is 0 Å². The van der Waals surface area contributed by atoms with Crippen LogP contribution in [0.15, 0.2) is 17.6 Å². The van der Waals surface area contributed by atoms with Crippen molar-refractivity contribution in [3.63, 3.8) is 0 Å². The van der Waals surface area contributed by atoms with Crippen LogP contribution < -0.4 is 0 Å². The highest BCUT2D eigenvalue weighted by atomic mass is 32.2. The van der Waals surface area contributed by atoms with Crippen molar-refractivity contribution < 1.29 is 0 Å². The third-order valence-electron chi connectivity index (χ3n) is 2.75. The second kappa shape index (κ2) is 5.50. The van der Waals surface area contributed by atoms with Crippen molar-refractivity contribution in [3.05, 3.63) is 18.0 Å². The predicted octanol–water partition coefficient (Wildman–Crippen LogP) is 3.67. The van der Waals surface area contributed by atoms with Crippen LogP contribution >= 0.6 is 11.8 Å². The van der Waals surface area contributed by atoms with E-state index in [0.29, 0.717) is 0 Å². The van der Waals surface area contributed by atoms with Gasteiger partial charge >= 0.3 is 0 Å². The van der Waals surface area contributed by atoms with Gasteiger partial charge < -0.3 is 0 Å². The maximum absolute atomic E-state index is 4.32. The molecule has 3 heteroatoms. The molecular formula is C12H20N2S. The van der Waals surface area contributed by atoms with Gasteiger partial charge in [0, 0.05) is 12.4 Å². The zero-order valence-electron chi connectivity index (χ0n) is 10.1. The highest BCUT2D eigenvalue weighted by Crippen LogP contribution is 2.28. The molecule has 0 aromatic carbocycles. The zero-order valence-corrected chi connectivity index (χ0v) is 10.9. The fourth-order valence-corrected chi connectivity index (χ4v) is 1.85. The monoisotopic (exact) mass is 224 g/mol. The van der Waals surface area contributed by atoms with Crippen molar-refractivity contribution in [1.29, 1.82) is 0 Å². The van der Waals surface area contributed by atoms with Gasteiger partial charge in [0.15, 0.2) is 5.16 Å². The fraction of sp³-hybridized carbons (Fsp3) is 0.667. The molecule has 0 saturated carbocycles. The molecule has 1 aromatic heterocycles. The van der Waals surface area contributed by atoms with E-state index in [4.69, 9.17) is 0 Å². The quantitative estimate of drug-likeness (QED) is 0.564. The Balaban J connectivity index is 2.75. The van der Waals surface area contributed by atoms with E-state index >= 15 is 0 Å². The van der Waals surface area contributed by atoms with Crippen molar-refractivity contribution in [2.24, 2.45) is 0 Å². The Hall–Kier alpha value is -0.570. The van der Waals surface area contributed by atoms with E-state index in [0.717, 1.165) is 5.16 Å². The number of nitrogens with zero attached hydrogens (tertiary/aromatic N) is 2. The molecule has 15 heavy (non-hydrogen) atoms. The lowest BCUT2D eigenvalue weighted by molar-refractivity contribution is 0.453. The van der Waals surface area contributed by atoms with E-state index in [1.54, 1.807) is 11.8 Å². The minimum Gasteiger partial charge on any atom is -0.231 e. The number of rotatable bonds is 5. The molecule has 0 saturated heterocycles. The number of unbranched alkanes of at least 4 members (excludes halogenated alkanes) is 1. The molecule has 0 spiro atoms. The normalized spacial score (nSPS) is 11.7. The van der Waals surface area contributed by atoms with Crippen LogP contribution in [0.3, 0.4) is 0 Å². The molecule has 1 rings (SSSR count). The van der Waals surface area contributed by atoms with Gasteiger partial charge in [0.1, 0.15) is 0 Å². The predicted molar refractivity (Wildman–Crippen MR) is 66.4 cm³/mol. The molecule has 0 aliphatic rings. The smallest absolute Gasteiger partial charge is 0.187 e. The summed E-state index contributed by atoms with van der Waals surface area (Å²) < 4.78 is 0. The highest BCUT2D eigenvalue weighted by Gasteiger charge is 2.20. The maximum Gasteiger partial charge on any atom is 0.187 e. The molecule has 0 atom stereocenters. The van der Waals surface area contributed by atoms with Crippen molar-refractivity contribution in [2.75, 3.05) is 6.26 Å². The Morgan fingerprint density at radius 2 is 1.87 bits per heavy atom. The standard InChI is InChI=1S/C12H20N2S/c1-5-6-7-12(2,3)10-8-13-11(15-4)14-9-10/h8-9H,5-7H2,1-4H3. The van der Waals surface area contributed by atoms with Crippen molar-refractivity contribution in [3.8, 4) is 0 Å². The molecule has 1 aromatic rings. The Morgan fingerprint density at radius 3 is 2.33 bits per heavy atom. The molecular weight excluding hydrogens is 204 g/mol. The first-order valence-corrected chi connectivity index (χ1v) is 6.69. The van der Waals surface area contributed by atoms with Crippen LogP contribution in [0.1, 0.15) is 45.6 Å². The Labute approximate surface area is 96.9 Å². The molecule has 2 nitrogen and oxygen atoms in total. The molecule has 0 bridgehead atoms. The summed E-state index contributed by atoms with van der Waals surface area (Å²) in [5, 5.41) is 0.852. The molecule has 0 N–H and O–H groups in total. The number of hydrogen-bond donors (Lipinski definition) is 0. The summed E-state index contributed by atoms with van der Waals surface area (Å²) in [7, 11) is 0. The van der Waals surface area contributed by atoms with Gasteiger partial charge in [-0.2, -0.15) is 0 Å². The van der Waals surface area contributed by atoms with Crippen molar-refractivity contribution in [2.45, 2.75) is 50.6 Å². The first-order chi connectivity index (χ1) is 7.10. The summed E-state index contributed by atoms with van der Waals surface area (Å²) in [6, 6.07) is 0. The molecule has 84 valence electrons. The third-order valence-corrected chi connectivity index (χ3v) is 3.32. The molecule has 0 unspecified atom stereocenters. The first-order valence-electron chi connectivity index (χ1n) is 5.46. The van der Waals surface area contributed by atoms with E-state index < -0.39 is 0 Å². The van der Waals surface area contributed by atoms with Gasteiger partial charge in [-0.1, -0.05) is 45.4 Å². The Kier molecular flexibility index (Phi) is 4.58. The average Bonchev–Trinajstić information content (AvgIpc) is 2.26. The minimum atomic E-state index is 0.201. The van der Waals surface area contributed by atoms with Crippen LogP contribution in [-0.2, 0) is 5.41 Å². The van der Waals surface area contributed by atoms with Crippen LogP contribution in [0.4, 0.5) is 0 Å². The first kappa shape index (κ1) is 12.5. The average molecular weight is 224 g/mol. The lowest BCUT2D eigenvalue weighted by Gasteiger charge is -2.24. The van der Waals surface area contributed by atoms with Gasteiger partial charge in [-0.05, 0) is 23.7 Å². The highest BCUT2D eigenvalue weighted by molar-refractivity contribution is 7.98. The summed E-state index contributed by atoms with van der Waals surface area (Å²) in [5.41, 5.74) is 1.45. The SMILES string of the molecule is CCCCC(C)(C)c1cnc(SC)nc1. The van der Waals surface area contributed by atoms with E-state index in [-0.39, 0.29) is 5.41 Å². The summed E-state index contributed by atoms with van der Waals surface area (Å²) in [4.78, 5) is 8.65. The van der Waals surface area contributed by atoms with E-state index in [1.165, 1.54) is 24.8 Å². The second-order valence-corrected chi connectivity index (χ2v) is 5.22. The van der Waals surface area contributed by atoms with Crippen LogP contribution in [0.5, 0.6) is 0 Å². The summed E-state index contributed by atoms with van der Waals surface area (Å²) in [6.07, 6.45) is 9.64. The van der Waals surface area contributed by atoms with Crippen molar-refractivity contribution >= 4 is 11.8 Å². The summed E-state index contributed by atoms with van der Waals surface area (Å²) in [6.45, 7) is 6.75. The Morgan fingerprint density at radius 1 is 1.27 bits per heavy atom. The van der Waals surface area contributed by atoms with Gasteiger partial charge in [-0.25, -0.2) is 9.97 Å². The lowest BCUT2D eigenvalue weighted by Crippen LogP contribution is -2.17. The Bertz CT molecular complexity index is 293. The third kappa shape index (κ3) is 3.49. The van der Waals surface area contributed by atoms with Crippen LogP contribution in [0, 0.1) is 0 Å². The second-order valence-electron chi connectivity index (χ2n) is 4.45. The number of aromatic nitrogens is 2. The zero-order chi connectivity index (χ0) is 11.3. The van der Waals surface area contributed by atoms with Gasteiger partial charge in [0.25, 0.3) is 0 Å². The van der Waals surface area contributed by atoms with Crippen LogP contribution in [-0.4, -0.2) is 16.2 Å². The van der Waals surface area contributed by atoms with Gasteiger partial charge in [0.05, 0.1) is 0 Å². The molecule has 0 aliphatic carbocycles. The molecule has 0 fully saturated rings. The largest absolute Gasteiger partial charge is 0.231 e.